The van der Waals surface area contributed by atoms with E-state index in [0.29, 0.717) is 5.04 Å². The van der Waals surface area contributed by atoms with E-state index in [9.17, 15) is 4.79 Å². The molecule has 1 atom stereocenters. The third-order valence-electron chi connectivity index (χ3n) is 2.33. The second-order valence-electron chi connectivity index (χ2n) is 3.64. The molecule has 1 aromatic rings. The number of thioether (sulfide) groups is 1. The molecule has 0 saturated heterocycles. The van der Waals surface area contributed by atoms with E-state index in [1.807, 2.05) is 18.2 Å². The zero-order valence-electron chi connectivity index (χ0n) is 8.64. The van der Waals surface area contributed by atoms with E-state index in [0.717, 1.165) is 12.2 Å². The summed E-state index contributed by atoms with van der Waals surface area (Å²) in [6.07, 6.45) is 0.935. The molecule has 0 aromatic heterocycles. The van der Waals surface area contributed by atoms with Crippen molar-refractivity contribution in [3.8, 4) is 0 Å². The zero-order valence-corrected chi connectivity index (χ0v) is 9.46. The van der Waals surface area contributed by atoms with Gasteiger partial charge in [-0.15, -0.1) is 11.8 Å². The van der Waals surface area contributed by atoms with Gasteiger partial charge >= 0.3 is 0 Å². The van der Waals surface area contributed by atoms with Gasteiger partial charge in [-0.05, 0) is 12.0 Å². The van der Waals surface area contributed by atoms with Crippen LogP contribution in [-0.4, -0.2) is 22.6 Å². The highest BCUT2D eigenvalue weighted by atomic mass is 32.2. The third kappa shape index (κ3) is 2.69. The van der Waals surface area contributed by atoms with Gasteiger partial charge in [0.2, 0.25) is 0 Å². The molecule has 0 bridgehead atoms. The second kappa shape index (κ2) is 4.62. The molecule has 1 unspecified atom stereocenters. The van der Waals surface area contributed by atoms with Crippen molar-refractivity contribution in [1.82, 2.24) is 0 Å². The molecule has 15 heavy (non-hydrogen) atoms. The van der Waals surface area contributed by atoms with Gasteiger partial charge in [0.1, 0.15) is 5.04 Å². The summed E-state index contributed by atoms with van der Waals surface area (Å²) in [7, 11) is 0. The molecular weight excluding hydrogens is 206 g/mol. The van der Waals surface area contributed by atoms with Crippen LogP contribution < -0.4 is 0 Å². The lowest BCUT2D eigenvalue weighted by atomic mass is 10.1. The average Bonchev–Trinajstić information content (AvgIpc) is 2.68. The highest BCUT2D eigenvalue weighted by molar-refractivity contribution is 8.16. The van der Waals surface area contributed by atoms with Crippen LogP contribution in [0.3, 0.4) is 0 Å². The second-order valence-corrected chi connectivity index (χ2v) is 4.65. The van der Waals surface area contributed by atoms with Crippen LogP contribution in [0.5, 0.6) is 0 Å². The van der Waals surface area contributed by atoms with Crippen LogP contribution in [0.1, 0.15) is 12.5 Å². The first kappa shape index (κ1) is 10.4. The number of Topliss-reactive ketones (excluding diaryl/α,β-unsaturated/α-hetero) is 1. The Kier molecular flexibility index (Phi) is 3.21. The largest absolute Gasteiger partial charge is 0.292 e. The monoisotopic (exact) mass is 219 g/mol. The van der Waals surface area contributed by atoms with Crippen molar-refractivity contribution in [2.24, 2.45) is 4.99 Å². The number of nitrogens with zero attached hydrogens (tertiary/aromatic N) is 1. The van der Waals surface area contributed by atoms with Crippen LogP contribution in [0.15, 0.2) is 35.3 Å². The first-order valence-corrected chi connectivity index (χ1v) is 6.00. The Balaban J connectivity index is 2.01. The molecule has 1 aromatic carbocycles. The Hall–Kier alpha value is -1.09. The summed E-state index contributed by atoms with van der Waals surface area (Å²) >= 11 is 1.58. The van der Waals surface area contributed by atoms with Gasteiger partial charge in [-0.1, -0.05) is 30.3 Å². The molecule has 1 heterocycles. The Morgan fingerprint density at radius 3 is 2.80 bits per heavy atom. The van der Waals surface area contributed by atoms with E-state index >= 15 is 0 Å². The van der Waals surface area contributed by atoms with Gasteiger partial charge in [0, 0.05) is 12.7 Å². The molecule has 1 aliphatic heterocycles. The average molecular weight is 219 g/mol. The molecule has 1 aliphatic rings. The molecule has 0 amide bonds. The van der Waals surface area contributed by atoms with Crippen LogP contribution in [0.2, 0.25) is 0 Å². The van der Waals surface area contributed by atoms with E-state index in [1.54, 1.807) is 18.7 Å². The summed E-state index contributed by atoms with van der Waals surface area (Å²) in [5.74, 6) is 1.03. The van der Waals surface area contributed by atoms with Crippen molar-refractivity contribution >= 4 is 22.6 Å². The molecule has 2 rings (SSSR count). The van der Waals surface area contributed by atoms with Gasteiger partial charge in [0.15, 0.2) is 5.78 Å². The normalized spacial score (nSPS) is 20.1. The SMILES string of the molecule is CC(=O)C1=NC(Cc2ccccc2)CS1. The quantitative estimate of drug-likeness (QED) is 0.781. The van der Waals surface area contributed by atoms with Gasteiger partial charge in [0.25, 0.3) is 0 Å². The number of rotatable bonds is 3. The number of carbonyl (C=O) groups is 1. The van der Waals surface area contributed by atoms with Crippen LogP contribution in [0, 0.1) is 0 Å². The maximum Gasteiger partial charge on any atom is 0.184 e. The van der Waals surface area contributed by atoms with E-state index in [1.165, 1.54) is 5.56 Å². The van der Waals surface area contributed by atoms with Crippen molar-refractivity contribution < 1.29 is 4.79 Å². The fourth-order valence-electron chi connectivity index (χ4n) is 1.60. The first-order chi connectivity index (χ1) is 7.25. The van der Waals surface area contributed by atoms with E-state index in [2.05, 4.69) is 17.1 Å². The molecule has 3 heteroatoms. The standard InChI is InChI=1S/C12H13NOS/c1-9(14)12-13-11(8-15-12)7-10-5-3-2-4-6-10/h2-6,11H,7-8H2,1H3. The van der Waals surface area contributed by atoms with Crippen molar-refractivity contribution in [2.45, 2.75) is 19.4 Å². The van der Waals surface area contributed by atoms with Crippen molar-refractivity contribution in [1.29, 1.82) is 0 Å². The number of hydrogen-bond acceptors (Lipinski definition) is 3. The summed E-state index contributed by atoms with van der Waals surface area (Å²) in [5, 5.41) is 0.691. The summed E-state index contributed by atoms with van der Waals surface area (Å²) in [5.41, 5.74) is 1.29. The molecule has 0 radical (unpaired) electrons. The van der Waals surface area contributed by atoms with E-state index in [-0.39, 0.29) is 11.8 Å². The fourth-order valence-corrected chi connectivity index (χ4v) is 2.57. The number of benzene rings is 1. The lowest BCUT2D eigenvalue weighted by Gasteiger charge is -2.04. The van der Waals surface area contributed by atoms with Crippen molar-refractivity contribution in [3.63, 3.8) is 0 Å². The minimum atomic E-state index is 0.0931. The lowest BCUT2D eigenvalue weighted by Crippen LogP contribution is -2.08. The highest BCUT2D eigenvalue weighted by Crippen LogP contribution is 2.21. The molecule has 0 aliphatic carbocycles. The van der Waals surface area contributed by atoms with Gasteiger partial charge < -0.3 is 0 Å². The number of hydrogen-bond donors (Lipinski definition) is 0. The fraction of sp³-hybridized carbons (Fsp3) is 0.333. The molecule has 0 N–H and O–H groups in total. The maximum atomic E-state index is 11.1. The number of carbonyl (C=O) groups excluding carboxylic acids is 1. The van der Waals surface area contributed by atoms with E-state index < -0.39 is 0 Å². The Morgan fingerprint density at radius 1 is 1.47 bits per heavy atom. The molecular formula is C12H13NOS. The smallest absolute Gasteiger partial charge is 0.184 e. The Labute approximate surface area is 93.8 Å². The van der Waals surface area contributed by atoms with Crippen LogP contribution >= 0.6 is 11.8 Å². The zero-order chi connectivity index (χ0) is 10.7. The minimum absolute atomic E-state index is 0.0931. The molecule has 0 spiro atoms. The molecule has 78 valence electrons. The minimum Gasteiger partial charge on any atom is -0.292 e. The predicted octanol–water partition coefficient (Wildman–Crippen LogP) is 2.33. The van der Waals surface area contributed by atoms with Crippen LogP contribution in [0.25, 0.3) is 0 Å². The lowest BCUT2D eigenvalue weighted by molar-refractivity contribution is -0.110. The number of ketones is 1. The number of aliphatic imine (C=N–C) groups is 1. The van der Waals surface area contributed by atoms with Gasteiger partial charge in [-0.3, -0.25) is 9.79 Å². The summed E-state index contributed by atoms with van der Waals surface area (Å²) in [6.45, 7) is 1.58. The van der Waals surface area contributed by atoms with E-state index in [4.69, 9.17) is 0 Å². The topological polar surface area (TPSA) is 29.4 Å². The highest BCUT2D eigenvalue weighted by Gasteiger charge is 2.20. The third-order valence-corrected chi connectivity index (χ3v) is 3.55. The van der Waals surface area contributed by atoms with Crippen LogP contribution in [0.4, 0.5) is 0 Å². The predicted molar refractivity (Wildman–Crippen MR) is 64.5 cm³/mol. The molecule has 0 saturated carbocycles. The van der Waals surface area contributed by atoms with Crippen molar-refractivity contribution in [3.05, 3.63) is 35.9 Å². The van der Waals surface area contributed by atoms with Crippen molar-refractivity contribution in [2.75, 3.05) is 5.75 Å². The van der Waals surface area contributed by atoms with Crippen LogP contribution in [-0.2, 0) is 11.2 Å². The molecule has 2 nitrogen and oxygen atoms in total. The summed E-state index contributed by atoms with van der Waals surface area (Å²) in [4.78, 5) is 15.5. The van der Waals surface area contributed by atoms with Gasteiger partial charge in [-0.25, -0.2) is 0 Å². The van der Waals surface area contributed by atoms with Gasteiger partial charge in [-0.2, -0.15) is 0 Å². The summed E-state index contributed by atoms with van der Waals surface area (Å²) < 4.78 is 0. The van der Waals surface area contributed by atoms with Gasteiger partial charge in [0.05, 0.1) is 6.04 Å². The molecule has 0 fully saturated rings. The Morgan fingerprint density at radius 2 is 2.20 bits per heavy atom. The first-order valence-electron chi connectivity index (χ1n) is 5.01. The maximum absolute atomic E-state index is 11.1. The summed E-state index contributed by atoms with van der Waals surface area (Å²) in [6, 6.07) is 10.6. The Bertz CT molecular complexity index is 386.